The van der Waals surface area contributed by atoms with Crippen molar-refractivity contribution in [3.8, 4) is 0 Å². The molecule has 4 heteroatoms. The summed E-state index contributed by atoms with van der Waals surface area (Å²) in [4.78, 5) is 0.802. The fourth-order valence-electron chi connectivity index (χ4n) is 1.70. The first-order valence-electron chi connectivity index (χ1n) is 4.82. The molecule has 0 saturated carbocycles. The highest BCUT2D eigenvalue weighted by molar-refractivity contribution is 7.95. The first-order chi connectivity index (χ1) is 7.16. The number of hydrogen-bond donors (Lipinski definition) is 1. The molecule has 0 spiro atoms. The Morgan fingerprint density at radius 3 is 2.60 bits per heavy atom. The van der Waals surface area contributed by atoms with Crippen LogP contribution >= 0.6 is 0 Å². The van der Waals surface area contributed by atoms with Crippen LogP contribution in [0.1, 0.15) is 18.4 Å². The van der Waals surface area contributed by atoms with Crippen molar-refractivity contribution < 1.29 is 13.5 Å². The number of fused-ring (bicyclic) bond motifs is 1. The molecule has 0 atom stereocenters. The van der Waals surface area contributed by atoms with E-state index in [1.165, 1.54) is 0 Å². The highest BCUT2D eigenvalue weighted by Crippen LogP contribution is 2.34. The quantitative estimate of drug-likeness (QED) is 0.848. The fourth-order valence-corrected chi connectivity index (χ4v) is 3.37. The van der Waals surface area contributed by atoms with Gasteiger partial charge >= 0.3 is 0 Å². The van der Waals surface area contributed by atoms with E-state index in [4.69, 9.17) is 5.11 Å². The predicted octanol–water partition coefficient (Wildman–Crippen LogP) is 1.59. The van der Waals surface area contributed by atoms with Crippen molar-refractivity contribution in [1.29, 1.82) is 0 Å². The predicted molar refractivity (Wildman–Crippen MR) is 57.9 cm³/mol. The van der Waals surface area contributed by atoms with Crippen LogP contribution in [0, 0.1) is 0 Å². The summed E-state index contributed by atoms with van der Waals surface area (Å²) < 4.78 is 23.9. The third-order valence-corrected chi connectivity index (χ3v) is 4.41. The normalized spacial score (nSPS) is 17.3. The van der Waals surface area contributed by atoms with Crippen molar-refractivity contribution in [2.75, 3.05) is 6.61 Å². The Morgan fingerprint density at radius 1 is 1.20 bits per heavy atom. The smallest absolute Gasteiger partial charge is 0.203 e. The lowest BCUT2D eigenvalue weighted by Crippen LogP contribution is -2.01. The zero-order valence-corrected chi connectivity index (χ0v) is 9.00. The molecule has 1 aliphatic heterocycles. The number of aliphatic hydroxyl groups excluding tert-OH is 1. The van der Waals surface area contributed by atoms with Crippen LogP contribution in [0.2, 0.25) is 0 Å². The summed E-state index contributed by atoms with van der Waals surface area (Å²) >= 11 is 0. The molecular formula is C11H12O3S. The molecule has 15 heavy (non-hydrogen) atoms. The number of hydrogen-bond acceptors (Lipinski definition) is 3. The first kappa shape index (κ1) is 10.4. The summed E-state index contributed by atoms with van der Waals surface area (Å²) in [5.41, 5.74) is 0.755. The minimum absolute atomic E-state index is 0.0171. The molecule has 0 radical (unpaired) electrons. The number of rotatable bonds is 3. The van der Waals surface area contributed by atoms with Crippen molar-refractivity contribution in [2.45, 2.75) is 17.7 Å². The molecule has 0 saturated heterocycles. The van der Waals surface area contributed by atoms with Crippen LogP contribution in [0.15, 0.2) is 34.1 Å². The zero-order valence-electron chi connectivity index (χ0n) is 8.18. The summed E-state index contributed by atoms with van der Waals surface area (Å²) in [6, 6.07) is 6.95. The second-order valence-corrected chi connectivity index (χ2v) is 5.45. The van der Waals surface area contributed by atoms with Gasteiger partial charge in [0, 0.05) is 11.5 Å². The van der Waals surface area contributed by atoms with Crippen LogP contribution in [-0.2, 0) is 9.84 Å². The molecule has 1 aliphatic rings. The average molecular weight is 224 g/mol. The van der Waals surface area contributed by atoms with Gasteiger partial charge in [0.25, 0.3) is 0 Å². The van der Waals surface area contributed by atoms with E-state index in [1.807, 2.05) is 6.07 Å². The van der Waals surface area contributed by atoms with Crippen LogP contribution in [-0.4, -0.2) is 20.1 Å². The molecule has 0 amide bonds. The Hall–Kier alpha value is -1.13. The molecule has 1 heterocycles. The maximum Gasteiger partial charge on any atom is 0.203 e. The van der Waals surface area contributed by atoms with Gasteiger partial charge in [-0.15, -0.1) is 0 Å². The summed E-state index contributed by atoms with van der Waals surface area (Å²) in [6.07, 6.45) is 2.59. The summed E-state index contributed by atoms with van der Waals surface area (Å²) in [7, 11) is -3.27. The second-order valence-electron chi connectivity index (χ2n) is 3.48. The molecule has 1 N–H and O–H groups in total. The lowest BCUT2D eigenvalue weighted by Gasteiger charge is -2.01. The molecule has 0 bridgehead atoms. The van der Waals surface area contributed by atoms with E-state index in [9.17, 15) is 8.42 Å². The van der Waals surface area contributed by atoms with Gasteiger partial charge in [0.1, 0.15) is 0 Å². The van der Waals surface area contributed by atoms with Crippen LogP contribution in [0.4, 0.5) is 0 Å². The number of sulfone groups is 1. The standard InChI is InChI=1S/C11H12O3S/c12-7-3-5-10-8-9-4-1-2-6-11(9)15(10,13)14/h1-2,4,6,8,12H,3,5,7H2. The van der Waals surface area contributed by atoms with E-state index >= 15 is 0 Å². The van der Waals surface area contributed by atoms with Gasteiger partial charge in [-0.05, 0) is 30.5 Å². The van der Waals surface area contributed by atoms with Crippen molar-refractivity contribution in [3.05, 3.63) is 34.7 Å². The van der Waals surface area contributed by atoms with E-state index in [1.54, 1.807) is 24.3 Å². The van der Waals surface area contributed by atoms with E-state index in [0.717, 1.165) is 5.56 Å². The van der Waals surface area contributed by atoms with Crippen molar-refractivity contribution in [1.82, 2.24) is 0 Å². The first-order valence-corrected chi connectivity index (χ1v) is 6.30. The Morgan fingerprint density at radius 2 is 1.93 bits per heavy atom. The van der Waals surface area contributed by atoms with Crippen LogP contribution in [0.5, 0.6) is 0 Å². The van der Waals surface area contributed by atoms with E-state index in [0.29, 0.717) is 22.6 Å². The minimum Gasteiger partial charge on any atom is -0.396 e. The number of aliphatic hydroxyl groups is 1. The van der Waals surface area contributed by atoms with Gasteiger partial charge in [0.2, 0.25) is 9.84 Å². The molecule has 1 aromatic rings. The molecule has 0 fully saturated rings. The molecule has 0 aliphatic carbocycles. The maximum absolute atomic E-state index is 11.9. The average Bonchev–Trinajstić information content (AvgIpc) is 2.48. The topological polar surface area (TPSA) is 54.4 Å². The molecule has 0 aromatic heterocycles. The Balaban J connectivity index is 2.41. The van der Waals surface area contributed by atoms with Crippen LogP contribution in [0.3, 0.4) is 0 Å². The SMILES string of the molecule is O=S1(=O)C(CCCO)=Cc2ccccc21. The lowest BCUT2D eigenvalue weighted by atomic mass is 10.2. The second kappa shape index (κ2) is 3.79. The molecule has 80 valence electrons. The van der Waals surface area contributed by atoms with Gasteiger partial charge < -0.3 is 5.11 Å². The maximum atomic E-state index is 11.9. The fraction of sp³-hybridized carbons (Fsp3) is 0.273. The third-order valence-electron chi connectivity index (χ3n) is 2.45. The summed E-state index contributed by atoms with van der Waals surface area (Å²) in [6.45, 7) is 0.0171. The van der Waals surface area contributed by atoms with Crippen molar-refractivity contribution in [3.63, 3.8) is 0 Å². The molecule has 1 aromatic carbocycles. The summed E-state index contributed by atoms with van der Waals surface area (Å²) in [5.74, 6) is 0. The Kier molecular flexibility index (Phi) is 2.63. The number of allylic oxidation sites excluding steroid dienone is 1. The third kappa shape index (κ3) is 1.70. The van der Waals surface area contributed by atoms with Crippen LogP contribution in [0.25, 0.3) is 6.08 Å². The lowest BCUT2D eigenvalue weighted by molar-refractivity contribution is 0.289. The van der Waals surface area contributed by atoms with E-state index in [-0.39, 0.29) is 6.61 Å². The van der Waals surface area contributed by atoms with Gasteiger partial charge in [-0.2, -0.15) is 0 Å². The zero-order chi connectivity index (χ0) is 10.9. The van der Waals surface area contributed by atoms with Gasteiger partial charge in [0.05, 0.1) is 4.90 Å². The van der Waals surface area contributed by atoms with E-state index < -0.39 is 9.84 Å². The minimum atomic E-state index is -3.27. The molecule has 3 nitrogen and oxygen atoms in total. The highest BCUT2D eigenvalue weighted by Gasteiger charge is 2.28. The van der Waals surface area contributed by atoms with Gasteiger partial charge in [-0.3, -0.25) is 0 Å². The highest BCUT2D eigenvalue weighted by atomic mass is 32.2. The van der Waals surface area contributed by atoms with E-state index in [2.05, 4.69) is 0 Å². The van der Waals surface area contributed by atoms with Crippen LogP contribution < -0.4 is 0 Å². The van der Waals surface area contributed by atoms with Crippen molar-refractivity contribution in [2.24, 2.45) is 0 Å². The summed E-state index contributed by atoms with van der Waals surface area (Å²) in [5, 5.41) is 8.69. The van der Waals surface area contributed by atoms with Gasteiger partial charge in [-0.1, -0.05) is 18.2 Å². The van der Waals surface area contributed by atoms with Gasteiger partial charge in [-0.25, -0.2) is 8.42 Å². The molecule has 0 unspecified atom stereocenters. The molecular weight excluding hydrogens is 212 g/mol. The van der Waals surface area contributed by atoms with Gasteiger partial charge in [0.15, 0.2) is 0 Å². The largest absolute Gasteiger partial charge is 0.396 e. The Bertz CT molecular complexity index is 500. The Labute approximate surface area is 89.0 Å². The number of benzene rings is 1. The van der Waals surface area contributed by atoms with Crippen molar-refractivity contribution >= 4 is 15.9 Å². The molecule has 2 rings (SSSR count). The monoisotopic (exact) mass is 224 g/mol.